The van der Waals surface area contributed by atoms with Crippen LogP contribution in [0.1, 0.15) is 47.3 Å². The molecule has 2 aromatic rings. The second-order valence-electron chi connectivity index (χ2n) is 6.48. The van der Waals surface area contributed by atoms with Gasteiger partial charge in [0.15, 0.2) is 0 Å². The molecule has 6 nitrogen and oxygen atoms in total. The number of fused-ring (bicyclic) bond motifs is 1. The van der Waals surface area contributed by atoms with Crippen molar-refractivity contribution in [3.8, 4) is 5.75 Å². The van der Waals surface area contributed by atoms with Crippen LogP contribution in [0.2, 0.25) is 0 Å². The average molecular weight is 329 g/mol. The highest BCUT2D eigenvalue weighted by atomic mass is 16.5. The van der Waals surface area contributed by atoms with Gasteiger partial charge in [-0.3, -0.25) is 4.79 Å². The average Bonchev–Trinajstić information content (AvgIpc) is 2.96. The zero-order chi connectivity index (χ0) is 17.3. The van der Waals surface area contributed by atoms with E-state index in [9.17, 15) is 4.79 Å². The summed E-state index contributed by atoms with van der Waals surface area (Å²) in [6.45, 7) is 4.38. The Hall–Kier alpha value is -2.34. The van der Waals surface area contributed by atoms with Gasteiger partial charge in [-0.25, -0.2) is 4.98 Å². The van der Waals surface area contributed by atoms with E-state index in [1.165, 1.54) is 0 Å². The molecule has 1 atom stereocenters. The summed E-state index contributed by atoms with van der Waals surface area (Å²) >= 11 is 0. The Morgan fingerprint density at radius 2 is 2.00 bits per heavy atom. The van der Waals surface area contributed by atoms with Gasteiger partial charge in [0, 0.05) is 25.3 Å². The molecule has 1 aromatic heterocycles. The summed E-state index contributed by atoms with van der Waals surface area (Å²) in [6.07, 6.45) is 0.682. The van der Waals surface area contributed by atoms with Gasteiger partial charge in [0.2, 0.25) is 0 Å². The molecule has 1 amide bonds. The summed E-state index contributed by atoms with van der Waals surface area (Å²) in [6, 6.07) is 7.91. The van der Waals surface area contributed by atoms with Gasteiger partial charge in [0.1, 0.15) is 22.9 Å². The molecule has 24 heavy (non-hydrogen) atoms. The van der Waals surface area contributed by atoms with E-state index in [-0.39, 0.29) is 11.8 Å². The van der Waals surface area contributed by atoms with Crippen LogP contribution < -0.4 is 10.1 Å². The Labute approximate surface area is 141 Å². The van der Waals surface area contributed by atoms with E-state index in [0.717, 1.165) is 17.0 Å². The quantitative estimate of drug-likeness (QED) is 0.903. The number of rotatable bonds is 4. The predicted octanol–water partition coefficient (Wildman–Crippen LogP) is 2.37. The number of hydrogen-bond acceptors (Lipinski definition) is 4. The van der Waals surface area contributed by atoms with Gasteiger partial charge in [-0.15, -0.1) is 0 Å². The van der Waals surface area contributed by atoms with Crippen LogP contribution in [0.3, 0.4) is 0 Å². The number of ether oxygens (including phenoxy) is 2. The van der Waals surface area contributed by atoms with Crippen LogP contribution in [-0.2, 0) is 16.8 Å². The third kappa shape index (κ3) is 2.89. The Kier molecular flexibility index (Phi) is 4.32. The van der Waals surface area contributed by atoms with Gasteiger partial charge in [-0.1, -0.05) is 18.2 Å². The Morgan fingerprint density at radius 1 is 1.25 bits per heavy atom. The summed E-state index contributed by atoms with van der Waals surface area (Å²) in [4.78, 5) is 20.2. The predicted molar refractivity (Wildman–Crippen MR) is 90.4 cm³/mol. The standard InChI is InChI=1S/C18H23N3O3/c1-18(2,24-4)17-20-13-9-11(10-19-16(22)15(13)21-17)12-7-5-6-8-14(12)23-3/h5-8,11H,9-10H2,1-4H3,(H,19,22)(H,20,21). The molecule has 6 heteroatoms. The van der Waals surface area contributed by atoms with Crippen molar-refractivity contribution in [2.45, 2.75) is 31.8 Å². The number of nitrogens with zero attached hydrogens (tertiary/aromatic N) is 1. The van der Waals surface area contributed by atoms with Gasteiger partial charge in [-0.05, 0) is 31.9 Å². The molecule has 0 fully saturated rings. The zero-order valence-electron chi connectivity index (χ0n) is 14.5. The van der Waals surface area contributed by atoms with Crippen molar-refractivity contribution < 1.29 is 14.3 Å². The van der Waals surface area contributed by atoms with Crippen molar-refractivity contribution in [2.24, 2.45) is 0 Å². The fourth-order valence-corrected chi connectivity index (χ4v) is 2.97. The van der Waals surface area contributed by atoms with Gasteiger partial charge in [0.25, 0.3) is 5.91 Å². The van der Waals surface area contributed by atoms with Crippen molar-refractivity contribution in [3.05, 3.63) is 47.0 Å². The molecule has 1 aliphatic rings. The first-order valence-electron chi connectivity index (χ1n) is 8.02. The number of imidazole rings is 1. The topological polar surface area (TPSA) is 76.2 Å². The van der Waals surface area contributed by atoms with Crippen LogP contribution in [0.25, 0.3) is 0 Å². The zero-order valence-corrected chi connectivity index (χ0v) is 14.5. The van der Waals surface area contributed by atoms with Crippen LogP contribution >= 0.6 is 0 Å². The maximum Gasteiger partial charge on any atom is 0.271 e. The third-order valence-electron chi connectivity index (χ3n) is 4.61. The molecule has 1 aromatic carbocycles. The van der Waals surface area contributed by atoms with Crippen molar-refractivity contribution in [2.75, 3.05) is 20.8 Å². The summed E-state index contributed by atoms with van der Waals surface area (Å²) in [5.74, 6) is 1.45. The van der Waals surface area contributed by atoms with Crippen LogP contribution in [0.4, 0.5) is 0 Å². The molecule has 0 saturated heterocycles. The number of para-hydroxylation sites is 1. The number of H-pyrrole nitrogens is 1. The molecule has 2 heterocycles. The lowest BCUT2D eigenvalue weighted by Crippen LogP contribution is -2.27. The minimum atomic E-state index is -0.577. The van der Waals surface area contributed by atoms with Crippen molar-refractivity contribution in [1.29, 1.82) is 0 Å². The molecule has 3 rings (SSSR count). The van der Waals surface area contributed by atoms with Crippen LogP contribution in [0, 0.1) is 0 Å². The molecule has 1 aliphatic heterocycles. The van der Waals surface area contributed by atoms with Crippen molar-refractivity contribution >= 4 is 5.91 Å². The summed E-state index contributed by atoms with van der Waals surface area (Å²) in [5.41, 5.74) is 1.79. The first-order chi connectivity index (χ1) is 11.5. The second kappa shape index (κ2) is 6.28. The highest BCUT2D eigenvalue weighted by Crippen LogP contribution is 2.32. The smallest absolute Gasteiger partial charge is 0.271 e. The number of aromatic nitrogens is 2. The van der Waals surface area contributed by atoms with E-state index in [0.29, 0.717) is 24.5 Å². The molecule has 0 radical (unpaired) electrons. The lowest BCUT2D eigenvalue weighted by molar-refractivity contribution is 0.0120. The normalized spacial score (nSPS) is 17.8. The largest absolute Gasteiger partial charge is 0.496 e. The van der Waals surface area contributed by atoms with Gasteiger partial charge in [0.05, 0.1) is 7.11 Å². The van der Waals surface area contributed by atoms with E-state index in [4.69, 9.17) is 9.47 Å². The number of methoxy groups -OCH3 is 2. The molecule has 2 N–H and O–H groups in total. The number of nitrogens with one attached hydrogen (secondary N) is 2. The van der Waals surface area contributed by atoms with Gasteiger partial charge in [-0.2, -0.15) is 0 Å². The summed E-state index contributed by atoms with van der Waals surface area (Å²) < 4.78 is 10.9. The lowest BCUT2D eigenvalue weighted by Gasteiger charge is -2.20. The van der Waals surface area contributed by atoms with E-state index < -0.39 is 5.60 Å². The molecule has 1 unspecified atom stereocenters. The minimum Gasteiger partial charge on any atom is -0.496 e. The summed E-state index contributed by atoms with van der Waals surface area (Å²) in [7, 11) is 3.29. The maximum atomic E-state index is 12.4. The van der Waals surface area contributed by atoms with Crippen LogP contribution in [-0.4, -0.2) is 36.6 Å². The van der Waals surface area contributed by atoms with E-state index in [2.05, 4.69) is 15.3 Å². The molecule has 0 spiro atoms. The third-order valence-corrected chi connectivity index (χ3v) is 4.61. The number of amides is 1. The fraction of sp³-hybridized carbons (Fsp3) is 0.444. The maximum absolute atomic E-state index is 12.4. The van der Waals surface area contributed by atoms with Crippen molar-refractivity contribution in [3.63, 3.8) is 0 Å². The SMILES string of the molecule is COc1ccccc1C1CNC(=O)c2nc(C(C)(C)OC)[nH]c2C1. The monoisotopic (exact) mass is 329 g/mol. The number of carbonyl (C=O) groups is 1. The molecule has 0 bridgehead atoms. The Morgan fingerprint density at radius 3 is 2.71 bits per heavy atom. The lowest BCUT2D eigenvalue weighted by atomic mass is 9.93. The van der Waals surface area contributed by atoms with Gasteiger partial charge < -0.3 is 19.8 Å². The first kappa shape index (κ1) is 16.5. The highest BCUT2D eigenvalue weighted by Gasteiger charge is 2.31. The number of hydrogen-bond donors (Lipinski definition) is 2. The van der Waals surface area contributed by atoms with Crippen LogP contribution in [0.15, 0.2) is 24.3 Å². The van der Waals surface area contributed by atoms with E-state index >= 15 is 0 Å². The summed E-state index contributed by atoms with van der Waals surface area (Å²) in [5, 5.41) is 2.97. The van der Waals surface area contributed by atoms with E-state index in [1.54, 1.807) is 14.2 Å². The molecule has 0 aliphatic carbocycles. The molecule has 0 saturated carbocycles. The minimum absolute atomic E-state index is 0.116. The van der Waals surface area contributed by atoms with Crippen molar-refractivity contribution in [1.82, 2.24) is 15.3 Å². The van der Waals surface area contributed by atoms with E-state index in [1.807, 2.05) is 38.1 Å². The number of aromatic amines is 1. The van der Waals surface area contributed by atoms with Gasteiger partial charge >= 0.3 is 0 Å². The second-order valence-corrected chi connectivity index (χ2v) is 6.48. The Balaban J connectivity index is 1.98. The van der Waals surface area contributed by atoms with Crippen LogP contribution in [0.5, 0.6) is 5.75 Å². The fourth-order valence-electron chi connectivity index (χ4n) is 2.97. The molecular weight excluding hydrogens is 306 g/mol. The Bertz CT molecular complexity index is 752. The first-order valence-corrected chi connectivity index (χ1v) is 8.02. The highest BCUT2D eigenvalue weighted by molar-refractivity contribution is 5.94. The number of benzene rings is 1. The molecular formula is C18H23N3O3. The molecule has 128 valence electrons. The number of carbonyl (C=O) groups excluding carboxylic acids is 1.